The molecular formula is C20H18N4O2. The summed E-state index contributed by atoms with van der Waals surface area (Å²) in [5, 5.41) is 7.38. The van der Waals surface area contributed by atoms with E-state index < -0.39 is 6.03 Å². The second kappa shape index (κ2) is 6.84. The zero-order valence-corrected chi connectivity index (χ0v) is 14.1. The number of hydrogen-bond acceptors (Lipinski definition) is 3. The third-order valence-electron chi connectivity index (χ3n) is 4.49. The Morgan fingerprint density at radius 2 is 1.77 bits per heavy atom. The van der Waals surface area contributed by atoms with Crippen LogP contribution >= 0.6 is 0 Å². The second-order valence-corrected chi connectivity index (χ2v) is 6.26. The smallest absolute Gasteiger partial charge is 0.319 e. The number of benzene rings is 2. The first kappa shape index (κ1) is 16.1. The molecule has 2 heterocycles. The third-order valence-corrected chi connectivity index (χ3v) is 4.49. The highest BCUT2D eigenvalue weighted by Gasteiger charge is 2.22. The summed E-state index contributed by atoms with van der Waals surface area (Å²) in [5.74, 6) is -0.0964. The number of carbonyl (C=O) groups is 2. The molecule has 3 aromatic rings. The van der Waals surface area contributed by atoms with Gasteiger partial charge in [0.15, 0.2) is 0 Å². The van der Waals surface area contributed by atoms with E-state index in [4.69, 9.17) is 0 Å². The van der Waals surface area contributed by atoms with Crippen molar-refractivity contribution in [2.75, 3.05) is 11.9 Å². The minimum absolute atomic E-state index is 0.0304. The maximum absolute atomic E-state index is 12.3. The maximum atomic E-state index is 12.3. The van der Waals surface area contributed by atoms with Crippen molar-refractivity contribution in [2.45, 2.75) is 13.1 Å². The Morgan fingerprint density at radius 1 is 1.00 bits per heavy atom. The molecular weight excluding hydrogens is 328 g/mol. The van der Waals surface area contributed by atoms with E-state index in [1.807, 2.05) is 48.5 Å². The molecule has 26 heavy (non-hydrogen) atoms. The second-order valence-electron chi connectivity index (χ2n) is 6.26. The number of hydrogen-bond donors (Lipinski definition) is 2. The maximum Gasteiger partial charge on any atom is 0.319 e. The van der Waals surface area contributed by atoms with Gasteiger partial charge in [-0.05, 0) is 34.7 Å². The number of fused-ring (bicyclic) bond motifs is 2. The molecule has 0 fully saturated rings. The van der Waals surface area contributed by atoms with Crippen molar-refractivity contribution < 1.29 is 9.59 Å². The van der Waals surface area contributed by atoms with E-state index in [-0.39, 0.29) is 12.5 Å². The Kier molecular flexibility index (Phi) is 4.23. The summed E-state index contributed by atoms with van der Waals surface area (Å²) in [7, 11) is 0. The number of pyridine rings is 1. The van der Waals surface area contributed by atoms with Gasteiger partial charge in [-0.1, -0.05) is 30.3 Å². The van der Waals surface area contributed by atoms with Crippen LogP contribution in [0.2, 0.25) is 0 Å². The lowest BCUT2D eigenvalue weighted by molar-refractivity contribution is -0.130. The van der Waals surface area contributed by atoms with Gasteiger partial charge in [-0.25, -0.2) is 4.79 Å². The molecule has 0 saturated heterocycles. The molecule has 2 aromatic carbocycles. The number of anilines is 1. The predicted octanol–water partition coefficient (Wildman–Crippen LogP) is 2.90. The lowest BCUT2D eigenvalue weighted by Gasteiger charge is -2.16. The predicted molar refractivity (Wildman–Crippen MR) is 99.5 cm³/mol. The van der Waals surface area contributed by atoms with Crippen LogP contribution in [0.25, 0.3) is 10.8 Å². The monoisotopic (exact) mass is 346 g/mol. The number of aromatic nitrogens is 1. The molecule has 1 aliphatic rings. The molecule has 0 unspecified atom stereocenters. The van der Waals surface area contributed by atoms with Crippen LogP contribution < -0.4 is 10.6 Å². The van der Waals surface area contributed by atoms with Crippen molar-refractivity contribution >= 4 is 28.4 Å². The summed E-state index contributed by atoms with van der Waals surface area (Å²) in [6, 6.07) is 15.0. The van der Waals surface area contributed by atoms with E-state index in [0.717, 1.165) is 21.9 Å². The van der Waals surface area contributed by atoms with Gasteiger partial charge in [0.2, 0.25) is 5.91 Å². The third kappa shape index (κ3) is 3.35. The number of nitrogens with one attached hydrogen (secondary N) is 2. The number of amides is 3. The zero-order chi connectivity index (χ0) is 17.9. The van der Waals surface area contributed by atoms with Gasteiger partial charge in [-0.3, -0.25) is 9.78 Å². The van der Waals surface area contributed by atoms with Gasteiger partial charge < -0.3 is 15.5 Å². The topological polar surface area (TPSA) is 74.3 Å². The van der Waals surface area contributed by atoms with Crippen molar-refractivity contribution in [1.82, 2.24) is 15.2 Å². The zero-order valence-electron chi connectivity index (χ0n) is 14.1. The van der Waals surface area contributed by atoms with Crippen LogP contribution in [0.15, 0.2) is 60.9 Å². The summed E-state index contributed by atoms with van der Waals surface area (Å²) in [5.41, 5.74) is 2.99. The molecule has 3 amide bonds. The standard InChI is InChI=1S/C20H18N4O2/c25-19(24-12-16-3-1-2-4-17(16)13-24)11-22-20(26)23-18-6-5-15-10-21-8-7-14(15)9-18/h1-10H,11-13H2,(H2,22,23,26). The molecule has 0 aliphatic carbocycles. The Hall–Kier alpha value is -3.41. The van der Waals surface area contributed by atoms with Crippen LogP contribution in [0.5, 0.6) is 0 Å². The van der Waals surface area contributed by atoms with Gasteiger partial charge in [-0.15, -0.1) is 0 Å². The summed E-state index contributed by atoms with van der Waals surface area (Å²) in [4.78, 5) is 30.2. The molecule has 0 bridgehead atoms. The van der Waals surface area contributed by atoms with Crippen LogP contribution in [0.1, 0.15) is 11.1 Å². The molecule has 4 rings (SSSR count). The highest BCUT2D eigenvalue weighted by atomic mass is 16.2. The first-order valence-corrected chi connectivity index (χ1v) is 8.42. The molecule has 2 N–H and O–H groups in total. The van der Waals surface area contributed by atoms with Gasteiger partial charge in [0.1, 0.15) is 0 Å². The largest absolute Gasteiger partial charge is 0.332 e. The van der Waals surface area contributed by atoms with Gasteiger partial charge in [0, 0.05) is 36.6 Å². The van der Waals surface area contributed by atoms with Crippen molar-refractivity contribution in [3.63, 3.8) is 0 Å². The molecule has 1 aliphatic heterocycles. The fraction of sp³-hybridized carbons (Fsp3) is 0.150. The van der Waals surface area contributed by atoms with Gasteiger partial charge in [0.05, 0.1) is 6.54 Å². The van der Waals surface area contributed by atoms with Crippen LogP contribution in [-0.4, -0.2) is 28.4 Å². The van der Waals surface area contributed by atoms with Crippen molar-refractivity contribution in [3.8, 4) is 0 Å². The molecule has 0 atom stereocenters. The van der Waals surface area contributed by atoms with E-state index in [0.29, 0.717) is 18.8 Å². The van der Waals surface area contributed by atoms with E-state index in [1.165, 1.54) is 0 Å². The number of carbonyl (C=O) groups excluding carboxylic acids is 2. The molecule has 130 valence electrons. The van der Waals surface area contributed by atoms with Crippen LogP contribution in [0, 0.1) is 0 Å². The minimum Gasteiger partial charge on any atom is -0.332 e. The summed E-state index contributed by atoms with van der Waals surface area (Å²) in [6.45, 7) is 1.16. The van der Waals surface area contributed by atoms with Gasteiger partial charge >= 0.3 is 6.03 Å². The fourth-order valence-corrected chi connectivity index (χ4v) is 3.11. The van der Waals surface area contributed by atoms with Gasteiger partial charge in [0.25, 0.3) is 0 Å². The van der Waals surface area contributed by atoms with Crippen molar-refractivity contribution in [1.29, 1.82) is 0 Å². The molecule has 6 heteroatoms. The number of nitrogens with zero attached hydrogens (tertiary/aromatic N) is 2. The summed E-state index contributed by atoms with van der Waals surface area (Å²) >= 11 is 0. The van der Waals surface area contributed by atoms with Crippen LogP contribution in [-0.2, 0) is 17.9 Å². The summed E-state index contributed by atoms with van der Waals surface area (Å²) < 4.78 is 0. The summed E-state index contributed by atoms with van der Waals surface area (Å²) in [6.07, 6.45) is 3.48. The highest BCUT2D eigenvalue weighted by molar-refractivity contribution is 5.95. The fourth-order valence-electron chi connectivity index (χ4n) is 3.11. The Bertz CT molecular complexity index is 961. The number of rotatable bonds is 3. The van der Waals surface area contributed by atoms with E-state index in [9.17, 15) is 9.59 Å². The quantitative estimate of drug-likeness (QED) is 0.766. The lowest BCUT2D eigenvalue weighted by Crippen LogP contribution is -2.39. The molecule has 1 aromatic heterocycles. The average Bonchev–Trinajstić information content (AvgIpc) is 3.10. The van der Waals surface area contributed by atoms with E-state index in [1.54, 1.807) is 17.3 Å². The molecule has 0 spiro atoms. The SMILES string of the molecule is O=C(NCC(=O)N1Cc2ccccc2C1)Nc1ccc2cnccc2c1. The molecule has 0 radical (unpaired) electrons. The Labute approximate surface area is 150 Å². The van der Waals surface area contributed by atoms with Crippen molar-refractivity contribution in [3.05, 3.63) is 72.1 Å². The van der Waals surface area contributed by atoms with Crippen LogP contribution in [0.3, 0.4) is 0 Å². The molecule has 0 saturated carbocycles. The lowest BCUT2D eigenvalue weighted by atomic mass is 10.1. The normalized spacial score (nSPS) is 12.7. The average molecular weight is 346 g/mol. The van der Waals surface area contributed by atoms with Gasteiger partial charge in [-0.2, -0.15) is 0 Å². The first-order chi connectivity index (χ1) is 12.7. The van der Waals surface area contributed by atoms with Crippen molar-refractivity contribution in [2.24, 2.45) is 0 Å². The number of urea groups is 1. The van der Waals surface area contributed by atoms with E-state index in [2.05, 4.69) is 15.6 Å². The van der Waals surface area contributed by atoms with Crippen LogP contribution in [0.4, 0.5) is 10.5 Å². The highest BCUT2D eigenvalue weighted by Crippen LogP contribution is 2.22. The Balaban J connectivity index is 1.31. The Morgan fingerprint density at radius 3 is 2.54 bits per heavy atom. The molecule has 6 nitrogen and oxygen atoms in total. The minimum atomic E-state index is -0.400. The van der Waals surface area contributed by atoms with E-state index >= 15 is 0 Å². The first-order valence-electron chi connectivity index (χ1n) is 8.42.